The molecule has 0 fully saturated rings. The van der Waals surface area contributed by atoms with Crippen LogP contribution in [0.4, 0.5) is 15.8 Å². The molecule has 2 aromatic rings. The van der Waals surface area contributed by atoms with Crippen molar-refractivity contribution in [2.75, 3.05) is 11.1 Å². The molecular formula is C13H11BrFN3O. The number of hydrogen-bond donors (Lipinski definition) is 2. The van der Waals surface area contributed by atoms with Crippen LogP contribution in [0.2, 0.25) is 0 Å². The summed E-state index contributed by atoms with van der Waals surface area (Å²) < 4.78 is 13.4. The Hall–Kier alpha value is -1.95. The van der Waals surface area contributed by atoms with Gasteiger partial charge in [0.1, 0.15) is 11.5 Å². The van der Waals surface area contributed by atoms with Crippen LogP contribution in [-0.4, -0.2) is 10.9 Å². The summed E-state index contributed by atoms with van der Waals surface area (Å²) in [5.74, 6) is -0.915. The molecule has 1 aromatic heterocycles. The zero-order valence-corrected chi connectivity index (χ0v) is 11.7. The highest BCUT2D eigenvalue weighted by atomic mass is 79.9. The number of aromatic nitrogens is 1. The Morgan fingerprint density at radius 1 is 1.42 bits per heavy atom. The fraction of sp³-hybridized carbons (Fsp3) is 0.0769. The maximum absolute atomic E-state index is 12.7. The lowest BCUT2D eigenvalue weighted by Gasteiger charge is -2.09. The van der Waals surface area contributed by atoms with Gasteiger partial charge in [0.15, 0.2) is 0 Å². The van der Waals surface area contributed by atoms with Gasteiger partial charge in [0.2, 0.25) is 0 Å². The lowest BCUT2D eigenvalue weighted by molar-refractivity contribution is 0.102. The third-order valence-electron chi connectivity index (χ3n) is 2.56. The first-order valence-electron chi connectivity index (χ1n) is 5.46. The molecule has 3 N–H and O–H groups in total. The minimum Gasteiger partial charge on any atom is -0.398 e. The highest BCUT2D eigenvalue weighted by molar-refractivity contribution is 9.10. The van der Waals surface area contributed by atoms with Crippen LogP contribution < -0.4 is 11.1 Å². The molecule has 0 radical (unpaired) electrons. The van der Waals surface area contributed by atoms with E-state index in [9.17, 15) is 9.18 Å². The van der Waals surface area contributed by atoms with Crippen molar-refractivity contribution in [1.82, 2.24) is 4.98 Å². The first-order chi connectivity index (χ1) is 8.97. The van der Waals surface area contributed by atoms with Crippen molar-refractivity contribution in [2.24, 2.45) is 0 Å². The van der Waals surface area contributed by atoms with E-state index in [1.165, 1.54) is 12.1 Å². The van der Waals surface area contributed by atoms with Gasteiger partial charge in [-0.3, -0.25) is 4.79 Å². The number of nitrogens with one attached hydrogen (secondary N) is 1. The second-order valence-corrected chi connectivity index (χ2v) is 4.86. The molecule has 98 valence electrons. The predicted molar refractivity (Wildman–Crippen MR) is 75.4 cm³/mol. The number of rotatable bonds is 2. The van der Waals surface area contributed by atoms with Gasteiger partial charge in [-0.25, -0.2) is 9.37 Å². The summed E-state index contributed by atoms with van der Waals surface area (Å²) in [6.45, 7) is 1.87. The zero-order valence-electron chi connectivity index (χ0n) is 10.1. The molecule has 0 unspecified atom stereocenters. The smallest absolute Gasteiger partial charge is 0.274 e. The maximum Gasteiger partial charge on any atom is 0.274 e. The molecule has 4 nitrogen and oxygen atoms in total. The fourth-order valence-corrected chi connectivity index (χ4v) is 2.04. The van der Waals surface area contributed by atoms with Crippen molar-refractivity contribution in [1.29, 1.82) is 0 Å². The number of nitrogens with two attached hydrogens (primary N) is 1. The van der Waals surface area contributed by atoms with Gasteiger partial charge >= 0.3 is 0 Å². The van der Waals surface area contributed by atoms with Crippen molar-refractivity contribution >= 4 is 33.2 Å². The minimum absolute atomic E-state index is 0.132. The number of nitrogen functional groups attached to an aromatic ring is 1. The number of aryl methyl sites for hydroxylation is 1. The van der Waals surface area contributed by atoms with Gasteiger partial charge in [-0.15, -0.1) is 0 Å². The Balaban J connectivity index is 2.24. The molecule has 19 heavy (non-hydrogen) atoms. The van der Waals surface area contributed by atoms with Crippen molar-refractivity contribution in [3.8, 4) is 0 Å². The van der Waals surface area contributed by atoms with E-state index in [4.69, 9.17) is 5.73 Å². The van der Waals surface area contributed by atoms with Crippen molar-refractivity contribution in [3.05, 3.63) is 52.0 Å². The van der Waals surface area contributed by atoms with Crippen molar-refractivity contribution in [2.45, 2.75) is 6.92 Å². The Kier molecular flexibility index (Phi) is 3.80. The molecule has 0 aliphatic carbocycles. The van der Waals surface area contributed by atoms with Gasteiger partial charge < -0.3 is 11.1 Å². The Morgan fingerprint density at radius 2 is 2.16 bits per heavy atom. The molecule has 1 amide bonds. The second-order valence-electron chi connectivity index (χ2n) is 4.00. The van der Waals surface area contributed by atoms with Gasteiger partial charge in [0, 0.05) is 10.2 Å². The molecule has 1 heterocycles. The Bertz CT molecular complexity index is 629. The van der Waals surface area contributed by atoms with Gasteiger partial charge in [-0.2, -0.15) is 0 Å². The lowest BCUT2D eigenvalue weighted by Crippen LogP contribution is -2.14. The van der Waals surface area contributed by atoms with E-state index in [-0.39, 0.29) is 5.69 Å². The molecule has 0 atom stereocenters. The van der Waals surface area contributed by atoms with Crippen LogP contribution in [0.25, 0.3) is 0 Å². The first kappa shape index (κ1) is 13.5. The summed E-state index contributed by atoms with van der Waals surface area (Å²) in [5.41, 5.74) is 7.94. The van der Waals surface area contributed by atoms with E-state index >= 15 is 0 Å². The third kappa shape index (κ3) is 3.08. The van der Waals surface area contributed by atoms with E-state index < -0.39 is 11.7 Å². The minimum atomic E-state index is -0.489. The quantitative estimate of drug-likeness (QED) is 0.834. The number of hydrogen-bond acceptors (Lipinski definition) is 3. The molecule has 6 heteroatoms. The summed E-state index contributed by atoms with van der Waals surface area (Å²) in [6.07, 6.45) is 0.994. The van der Waals surface area contributed by atoms with Gasteiger partial charge in [-0.05, 0) is 52.7 Å². The average molecular weight is 324 g/mol. The van der Waals surface area contributed by atoms with E-state index in [1.807, 2.05) is 13.0 Å². The van der Waals surface area contributed by atoms with Crippen molar-refractivity contribution < 1.29 is 9.18 Å². The second kappa shape index (κ2) is 5.36. The first-order valence-corrected chi connectivity index (χ1v) is 6.25. The lowest BCUT2D eigenvalue weighted by atomic mass is 10.2. The fourth-order valence-electron chi connectivity index (χ4n) is 1.48. The number of nitrogens with zero attached hydrogens (tertiary/aromatic N) is 1. The van der Waals surface area contributed by atoms with E-state index in [1.54, 1.807) is 6.07 Å². The van der Waals surface area contributed by atoms with Crippen LogP contribution in [0.3, 0.4) is 0 Å². The maximum atomic E-state index is 12.7. The van der Waals surface area contributed by atoms with E-state index in [0.29, 0.717) is 11.4 Å². The summed E-state index contributed by atoms with van der Waals surface area (Å²) in [4.78, 5) is 15.6. The van der Waals surface area contributed by atoms with Gasteiger partial charge in [-0.1, -0.05) is 0 Å². The van der Waals surface area contributed by atoms with Crippen LogP contribution in [0.1, 0.15) is 16.1 Å². The molecule has 0 spiro atoms. The largest absolute Gasteiger partial charge is 0.398 e. The highest BCUT2D eigenvalue weighted by Gasteiger charge is 2.11. The van der Waals surface area contributed by atoms with Crippen molar-refractivity contribution in [3.63, 3.8) is 0 Å². The van der Waals surface area contributed by atoms with Crippen LogP contribution in [0.15, 0.2) is 34.9 Å². The van der Waals surface area contributed by atoms with Gasteiger partial charge in [0.25, 0.3) is 5.91 Å². The number of pyridine rings is 1. The number of carbonyl (C=O) groups is 1. The molecule has 0 saturated carbocycles. The molecule has 0 bridgehead atoms. The van der Waals surface area contributed by atoms with Crippen LogP contribution in [-0.2, 0) is 0 Å². The number of amides is 1. The summed E-state index contributed by atoms with van der Waals surface area (Å²) in [6, 6.07) is 5.96. The monoisotopic (exact) mass is 323 g/mol. The number of benzene rings is 1. The van der Waals surface area contributed by atoms with Crippen LogP contribution in [0, 0.1) is 12.7 Å². The molecule has 0 aliphatic rings. The van der Waals surface area contributed by atoms with E-state index in [0.717, 1.165) is 16.2 Å². The molecule has 0 saturated heterocycles. The average Bonchev–Trinajstić information content (AvgIpc) is 2.36. The molecule has 1 aromatic carbocycles. The SMILES string of the molecule is Cc1cc(Br)c(NC(=O)c2ccc(F)cn2)cc1N. The van der Waals surface area contributed by atoms with Crippen LogP contribution >= 0.6 is 15.9 Å². The third-order valence-corrected chi connectivity index (χ3v) is 3.22. The standard InChI is InChI=1S/C13H11BrFN3O/c1-7-4-9(14)12(5-10(7)16)18-13(19)11-3-2-8(15)6-17-11/h2-6H,16H2,1H3,(H,18,19). The highest BCUT2D eigenvalue weighted by Crippen LogP contribution is 2.28. The van der Waals surface area contributed by atoms with E-state index in [2.05, 4.69) is 26.2 Å². The number of carbonyl (C=O) groups excluding carboxylic acids is 1. The molecule has 0 aliphatic heterocycles. The zero-order chi connectivity index (χ0) is 14.0. The normalized spacial score (nSPS) is 10.3. The summed E-state index contributed by atoms with van der Waals surface area (Å²) >= 11 is 3.34. The Labute approximate surface area is 118 Å². The van der Waals surface area contributed by atoms with Crippen LogP contribution in [0.5, 0.6) is 0 Å². The Morgan fingerprint density at radius 3 is 2.79 bits per heavy atom. The molecule has 2 rings (SSSR count). The van der Waals surface area contributed by atoms with Gasteiger partial charge in [0.05, 0.1) is 11.9 Å². The summed E-state index contributed by atoms with van der Waals surface area (Å²) in [5, 5.41) is 2.66. The molecular weight excluding hydrogens is 313 g/mol. The summed E-state index contributed by atoms with van der Waals surface area (Å²) in [7, 11) is 0. The number of halogens is 2. The predicted octanol–water partition coefficient (Wildman–Crippen LogP) is 3.13. The topological polar surface area (TPSA) is 68.0 Å². The number of anilines is 2.